The third kappa shape index (κ3) is 1.69. The number of rotatable bonds is 1. The maximum atomic E-state index is 12.1. The van der Waals surface area contributed by atoms with Gasteiger partial charge in [0, 0.05) is 12.0 Å². The van der Waals surface area contributed by atoms with Crippen LogP contribution < -0.4 is 4.31 Å². The lowest BCUT2D eigenvalue weighted by Crippen LogP contribution is -2.37. The number of fused-ring (bicyclic) bond motifs is 2. The molecule has 0 spiro atoms. The van der Waals surface area contributed by atoms with Gasteiger partial charge in [0.1, 0.15) is 0 Å². The average Bonchev–Trinajstić information content (AvgIpc) is 2.74. The summed E-state index contributed by atoms with van der Waals surface area (Å²) in [5.41, 5.74) is 5.63. The Morgan fingerprint density at radius 3 is 2.52 bits per heavy atom. The van der Waals surface area contributed by atoms with Gasteiger partial charge in [0.25, 0.3) is 0 Å². The first-order valence-corrected chi connectivity index (χ1v) is 8.94. The summed E-state index contributed by atoms with van der Waals surface area (Å²) in [6.07, 6.45) is 2.18. The van der Waals surface area contributed by atoms with Crippen LogP contribution in [0.4, 0.5) is 5.69 Å². The second kappa shape index (κ2) is 3.89. The van der Waals surface area contributed by atoms with Crippen LogP contribution >= 0.6 is 0 Å². The predicted octanol–water partition coefficient (Wildman–Crippen LogP) is 2.95. The molecule has 0 unspecified atom stereocenters. The Kier molecular flexibility index (Phi) is 2.39. The normalized spacial score (nSPS) is 22.9. The molecule has 0 amide bonds. The van der Waals surface area contributed by atoms with Crippen LogP contribution in [0.2, 0.25) is 0 Å². The minimum atomic E-state index is -3.24. The second-order valence-electron chi connectivity index (χ2n) is 6.36. The Labute approximate surface area is 125 Å². The fourth-order valence-electron chi connectivity index (χ4n) is 3.89. The summed E-state index contributed by atoms with van der Waals surface area (Å²) in [5, 5.41) is 0. The molecule has 1 heterocycles. The number of nitrogens with zero attached hydrogens (tertiary/aromatic N) is 1. The highest BCUT2D eigenvalue weighted by molar-refractivity contribution is 7.92. The molecule has 0 radical (unpaired) electrons. The average molecular weight is 299 g/mol. The molecule has 108 valence electrons. The van der Waals surface area contributed by atoms with Crippen LogP contribution in [0.25, 0.3) is 11.1 Å². The van der Waals surface area contributed by atoms with Gasteiger partial charge in [0.2, 0.25) is 10.0 Å². The van der Waals surface area contributed by atoms with E-state index in [9.17, 15) is 8.42 Å². The fourth-order valence-corrected chi connectivity index (χ4v) is 4.91. The lowest BCUT2D eigenvalue weighted by Gasteiger charge is -2.32. The molecule has 4 rings (SSSR count). The minimum Gasteiger partial charge on any atom is -0.269 e. The molecule has 0 fully saturated rings. The van der Waals surface area contributed by atoms with E-state index < -0.39 is 10.0 Å². The van der Waals surface area contributed by atoms with Crippen molar-refractivity contribution in [3.05, 3.63) is 53.6 Å². The summed E-state index contributed by atoms with van der Waals surface area (Å²) in [7, 11) is -3.24. The molecule has 0 saturated heterocycles. The SMILES string of the molecule is C[C@]12Cc3ccccc3-c3cccc(c31)N(S(C)(=O)=O)C2. The topological polar surface area (TPSA) is 37.4 Å². The van der Waals surface area contributed by atoms with Crippen molar-refractivity contribution >= 4 is 15.7 Å². The van der Waals surface area contributed by atoms with Gasteiger partial charge in [-0.05, 0) is 34.7 Å². The van der Waals surface area contributed by atoms with Gasteiger partial charge in [0.15, 0.2) is 0 Å². The summed E-state index contributed by atoms with van der Waals surface area (Å²) in [6, 6.07) is 14.4. The number of sulfonamides is 1. The molecular weight excluding hydrogens is 282 g/mol. The third-order valence-electron chi connectivity index (χ3n) is 4.70. The van der Waals surface area contributed by atoms with Crippen molar-refractivity contribution in [1.29, 1.82) is 0 Å². The summed E-state index contributed by atoms with van der Waals surface area (Å²) in [6.45, 7) is 2.71. The van der Waals surface area contributed by atoms with Crippen molar-refractivity contribution in [3.63, 3.8) is 0 Å². The zero-order valence-corrected chi connectivity index (χ0v) is 12.9. The molecule has 2 aromatic carbocycles. The molecule has 1 aliphatic carbocycles. The van der Waals surface area contributed by atoms with Gasteiger partial charge < -0.3 is 0 Å². The first-order valence-electron chi connectivity index (χ1n) is 7.10. The first kappa shape index (κ1) is 12.9. The quantitative estimate of drug-likeness (QED) is 0.812. The molecular formula is C17H17NO2S. The lowest BCUT2D eigenvalue weighted by molar-refractivity contribution is 0.501. The van der Waals surface area contributed by atoms with E-state index in [4.69, 9.17) is 0 Å². The van der Waals surface area contributed by atoms with E-state index >= 15 is 0 Å². The monoisotopic (exact) mass is 299 g/mol. The Morgan fingerprint density at radius 1 is 1.05 bits per heavy atom. The number of hydrogen-bond acceptors (Lipinski definition) is 2. The van der Waals surface area contributed by atoms with Gasteiger partial charge in [-0.3, -0.25) is 4.31 Å². The molecule has 0 N–H and O–H groups in total. The van der Waals surface area contributed by atoms with Gasteiger partial charge in [-0.25, -0.2) is 8.42 Å². The number of hydrogen-bond donors (Lipinski definition) is 0. The molecule has 21 heavy (non-hydrogen) atoms. The van der Waals surface area contributed by atoms with Crippen molar-refractivity contribution in [3.8, 4) is 11.1 Å². The molecule has 4 heteroatoms. The van der Waals surface area contributed by atoms with Gasteiger partial charge in [0.05, 0.1) is 11.9 Å². The zero-order chi connectivity index (χ0) is 14.8. The maximum Gasteiger partial charge on any atom is 0.232 e. The molecule has 1 aliphatic heterocycles. The van der Waals surface area contributed by atoms with Gasteiger partial charge in [-0.2, -0.15) is 0 Å². The van der Waals surface area contributed by atoms with E-state index in [0.717, 1.165) is 12.1 Å². The van der Waals surface area contributed by atoms with E-state index in [1.165, 1.54) is 28.5 Å². The summed E-state index contributed by atoms with van der Waals surface area (Å²) < 4.78 is 25.8. The van der Waals surface area contributed by atoms with Crippen molar-refractivity contribution < 1.29 is 8.42 Å². The second-order valence-corrected chi connectivity index (χ2v) is 8.27. The highest BCUT2D eigenvalue weighted by Crippen LogP contribution is 2.52. The van der Waals surface area contributed by atoms with Crippen LogP contribution in [0.3, 0.4) is 0 Å². The van der Waals surface area contributed by atoms with Crippen LogP contribution in [0.5, 0.6) is 0 Å². The fraction of sp³-hybridized carbons (Fsp3) is 0.294. The predicted molar refractivity (Wildman–Crippen MR) is 85.1 cm³/mol. The Morgan fingerprint density at radius 2 is 1.76 bits per heavy atom. The molecule has 0 aromatic heterocycles. The highest BCUT2D eigenvalue weighted by Gasteiger charge is 2.46. The summed E-state index contributed by atoms with van der Waals surface area (Å²) >= 11 is 0. The maximum absolute atomic E-state index is 12.1. The molecule has 0 bridgehead atoms. The van der Waals surface area contributed by atoms with Crippen molar-refractivity contribution in [2.75, 3.05) is 17.1 Å². The third-order valence-corrected chi connectivity index (χ3v) is 5.82. The van der Waals surface area contributed by atoms with Crippen LogP contribution in [-0.2, 0) is 21.9 Å². The van der Waals surface area contributed by atoms with Crippen LogP contribution in [0.15, 0.2) is 42.5 Å². The Balaban J connectivity index is 2.05. The van der Waals surface area contributed by atoms with E-state index in [0.29, 0.717) is 6.54 Å². The lowest BCUT2D eigenvalue weighted by atomic mass is 9.70. The van der Waals surface area contributed by atoms with Crippen LogP contribution in [0.1, 0.15) is 18.1 Å². The standard InChI is InChI=1S/C17H17NO2S/c1-17-10-12-6-3-4-7-13(12)14-8-5-9-15(16(14)17)18(11-17)21(2,19)20/h3-9H,10-11H2,1-2H3/t17-/m1/s1. The molecule has 2 aromatic rings. The molecule has 0 saturated carbocycles. The number of anilines is 1. The summed E-state index contributed by atoms with van der Waals surface area (Å²) in [5.74, 6) is 0. The number of benzene rings is 2. The van der Waals surface area contributed by atoms with Crippen LogP contribution in [-0.4, -0.2) is 21.2 Å². The van der Waals surface area contributed by atoms with Gasteiger partial charge in [-0.1, -0.05) is 43.3 Å². The van der Waals surface area contributed by atoms with Crippen molar-refractivity contribution in [2.24, 2.45) is 0 Å². The van der Waals surface area contributed by atoms with Gasteiger partial charge >= 0.3 is 0 Å². The van der Waals surface area contributed by atoms with Crippen LogP contribution in [0, 0.1) is 0 Å². The van der Waals surface area contributed by atoms with Crippen molar-refractivity contribution in [2.45, 2.75) is 18.8 Å². The van der Waals surface area contributed by atoms with E-state index in [2.05, 4.69) is 31.2 Å². The Hall–Kier alpha value is -1.81. The summed E-state index contributed by atoms with van der Waals surface area (Å²) in [4.78, 5) is 0. The van der Waals surface area contributed by atoms with Gasteiger partial charge in [-0.15, -0.1) is 0 Å². The molecule has 1 atom stereocenters. The largest absolute Gasteiger partial charge is 0.269 e. The van der Waals surface area contributed by atoms with E-state index in [1.54, 1.807) is 4.31 Å². The smallest absolute Gasteiger partial charge is 0.232 e. The molecule has 3 nitrogen and oxygen atoms in total. The zero-order valence-electron chi connectivity index (χ0n) is 12.1. The van der Waals surface area contributed by atoms with E-state index in [-0.39, 0.29) is 5.41 Å². The van der Waals surface area contributed by atoms with E-state index in [1.807, 2.05) is 18.2 Å². The molecule has 2 aliphatic rings. The van der Waals surface area contributed by atoms with Crippen molar-refractivity contribution in [1.82, 2.24) is 0 Å². The highest BCUT2D eigenvalue weighted by atomic mass is 32.2. The minimum absolute atomic E-state index is 0.136. The Bertz CT molecular complexity index is 857. The first-order chi connectivity index (χ1) is 9.90.